The van der Waals surface area contributed by atoms with Crippen LogP contribution >= 0.6 is 0 Å². The van der Waals surface area contributed by atoms with Crippen molar-refractivity contribution >= 4 is 5.69 Å². The number of pyridine rings is 2. The molecule has 0 radical (unpaired) electrons. The predicted octanol–water partition coefficient (Wildman–Crippen LogP) is 2.22. The lowest BCUT2D eigenvalue weighted by Gasteiger charge is -2.22. The normalized spacial score (nSPS) is 10.4. The van der Waals surface area contributed by atoms with Gasteiger partial charge in [-0.2, -0.15) is 0 Å². The highest BCUT2D eigenvalue weighted by Gasteiger charge is 2.07. The standard InChI is InChI=1S/C15H20N4/c1-3-16-10-14-6-9-18-11-15(14)19(2)12-13-4-7-17-8-5-13/h4-9,11,16H,3,10,12H2,1-2H3. The van der Waals surface area contributed by atoms with Crippen LogP contribution in [0.4, 0.5) is 5.69 Å². The molecule has 0 aliphatic rings. The summed E-state index contributed by atoms with van der Waals surface area (Å²) in [6, 6.07) is 6.15. The molecule has 0 aliphatic heterocycles. The molecule has 0 saturated carbocycles. The largest absolute Gasteiger partial charge is 0.369 e. The van der Waals surface area contributed by atoms with Crippen LogP contribution in [-0.4, -0.2) is 23.6 Å². The van der Waals surface area contributed by atoms with Crippen LogP contribution in [0.5, 0.6) is 0 Å². The zero-order valence-electron chi connectivity index (χ0n) is 11.5. The van der Waals surface area contributed by atoms with E-state index in [1.807, 2.05) is 36.9 Å². The molecule has 0 unspecified atom stereocenters. The Morgan fingerprint density at radius 1 is 1.11 bits per heavy atom. The number of nitrogens with one attached hydrogen (secondary N) is 1. The quantitative estimate of drug-likeness (QED) is 0.860. The summed E-state index contributed by atoms with van der Waals surface area (Å²) in [7, 11) is 2.09. The third-order valence-electron chi connectivity index (χ3n) is 3.03. The average molecular weight is 256 g/mol. The topological polar surface area (TPSA) is 41.1 Å². The molecule has 100 valence electrons. The van der Waals surface area contributed by atoms with Gasteiger partial charge in [0, 0.05) is 38.7 Å². The van der Waals surface area contributed by atoms with Crippen LogP contribution in [0, 0.1) is 0 Å². The molecule has 1 N–H and O–H groups in total. The van der Waals surface area contributed by atoms with Gasteiger partial charge in [0.25, 0.3) is 0 Å². The van der Waals surface area contributed by atoms with Gasteiger partial charge in [0.2, 0.25) is 0 Å². The average Bonchev–Trinajstić information content (AvgIpc) is 2.46. The minimum atomic E-state index is 0.855. The fourth-order valence-electron chi connectivity index (χ4n) is 2.02. The highest BCUT2D eigenvalue weighted by molar-refractivity contribution is 5.51. The van der Waals surface area contributed by atoms with E-state index >= 15 is 0 Å². The SMILES string of the molecule is CCNCc1ccncc1N(C)Cc1ccncc1. The van der Waals surface area contributed by atoms with Gasteiger partial charge >= 0.3 is 0 Å². The molecule has 2 heterocycles. The van der Waals surface area contributed by atoms with Crippen molar-refractivity contribution < 1.29 is 0 Å². The van der Waals surface area contributed by atoms with E-state index in [4.69, 9.17) is 0 Å². The number of hydrogen-bond acceptors (Lipinski definition) is 4. The smallest absolute Gasteiger partial charge is 0.0598 e. The van der Waals surface area contributed by atoms with Gasteiger partial charge in [-0.1, -0.05) is 6.92 Å². The Morgan fingerprint density at radius 3 is 2.58 bits per heavy atom. The Kier molecular flexibility index (Phi) is 4.86. The number of hydrogen-bond donors (Lipinski definition) is 1. The van der Waals surface area contributed by atoms with Crippen LogP contribution in [0.25, 0.3) is 0 Å². The van der Waals surface area contributed by atoms with Crippen molar-refractivity contribution in [3.05, 3.63) is 54.1 Å². The van der Waals surface area contributed by atoms with Gasteiger partial charge in [-0.05, 0) is 35.9 Å². The van der Waals surface area contributed by atoms with Crippen molar-refractivity contribution in [2.45, 2.75) is 20.0 Å². The molecule has 2 aromatic heterocycles. The highest BCUT2D eigenvalue weighted by atomic mass is 15.1. The lowest BCUT2D eigenvalue weighted by molar-refractivity contribution is 0.722. The van der Waals surface area contributed by atoms with E-state index in [2.05, 4.69) is 40.2 Å². The summed E-state index contributed by atoms with van der Waals surface area (Å²) in [6.45, 7) is 4.81. The summed E-state index contributed by atoms with van der Waals surface area (Å²) >= 11 is 0. The number of nitrogens with zero attached hydrogens (tertiary/aromatic N) is 3. The Bertz CT molecular complexity index is 499. The van der Waals surface area contributed by atoms with Crippen LogP contribution in [-0.2, 0) is 13.1 Å². The zero-order valence-corrected chi connectivity index (χ0v) is 11.5. The van der Waals surface area contributed by atoms with Gasteiger partial charge in [-0.15, -0.1) is 0 Å². The maximum atomic E-state index is 4.23. The van der Waals surface area contributed by atoms with Gasteiger partial charge in [0.1, 0.15) is 0 Å². The van der Waals surface area contributed by atoms with Gasteiger partial charge < -0.3 is 10.2 Å². The van der Waals surface area contributed by atoms with E-state index in [0.717, 1.165) is 19.6 Å². The number of aromatic nitrogens is 2. The third kappa shape index (κ3) is 3.76. The molecule has 2 aromatic rings. The van der Waals surface area contributed by atoms with E-state index < -0.39 is 0 Å². The second-order valence-electron chi connectivity index (χ2n) is 4.50. The van der Waals surface area contributed by atoms with E-state index in [-0.39, 0.29) is 0 Å². The first-order valence-electron chi connectivity index (χ1n) is 6.55. The molecule has 19 heavy (non-hydrogen) atoms. The predicted molar refractivity (Wildman–Crippen MR) is 78.0 cm³/mol. The molecule has 2 rings (SSSR count). The Morgan fingerprint density at radius 2 is 1.84 bits per heavy atom. The second-order valence-corrected chi connectivity index (χ2v) is 4.50. The van der Waals surface area contributed by atoms with Crippen LogP contribution in [0.3, 0.4) is 0 Å². The zero-order chi connectivity index (χ0) is 13.5. The van der Waals surface area contributed by atoms with Crippen molar-refractivity contribution in [2.75, 3.05) is 18.5 Å². The second kappa shape index (κ2) is 6.85. The molecule has 4 nitrogen and oxygen atoms in total. The third-order valence-corrected chi connectivity index (χ3v) is 3.03. The van der Waals surface area contributed by atoms with Gasteiger partial charge in [0.15, 0.2) is 0 Å². The minimum absolute atomic E-state index is 0.855. The van der Waals surface area contributed by atoms with E-state index in [9.17, 15) is 0 Å². The summed E-state index contributed by atoms with van der Waals surface area (Å²) in [6.07, 6.45) is 7.42. The summed E-state index contributed by atoms with van der Waals surface area (Å²) in [5.41, 5.74) is 3.68. The van der Waals surface area contributed by atoms with Crippen LogP contribution in [0.15, 0.2) is 43.0 Å². The molecule has 0 aromatic carbocycles. The van der Waals surface area contributed by atoms with E-state index in [1.165, 1.54) is 16.8 Å². The lowest BCUT2D eigenvalue weighted by atomic mass is 10.2. The number of anilines is 1. The highest BCUT2D eigenvalue weighted by Crippen LogP contribution is 2.19. The first-order valence-corrected chi connectivity index (χ1v) is 6.55. The molecule has 4 heteroatoms. The van der Waals surface area contributed by atoms with Gasteiger partial charge in [-0.3, -0.25) is 9.97 Å². The molecule has 0 saturated heterocycles. The van der Waals surface area contributed by atoms with Crippen molar-refractivity contribution in [3.63, 3.8) is 0 Å². The Labute approximate surface area is 114 Å². The lowest BCUT2D eigenvalue weighted by Crippen LogP contribution is -2.20. The number of rotatable bonds is 6. The summed E-state index contributed by atoms with van der Waals surface area (Å²) in [4.78, 5) is 10.5. The summed E-state index contributed by atoms with van der Waals surface area (Å²) < 4.78 is 0. The van der Waals surface area contributed by atoms with E-state index in [0.29, 0.717) is 0 Å². The summed E-state index contributed by atoms with van der Waals surface area (Å²) in [5, 5.41) is 3.36. The Hall–Kier alpha value is -1.94. The molecule has 0 atom stereocenters. The van der Waals surface area contributed by atoms with Crippen LogP contribution < -0.4 is 10.2 Å². The van der Waals surface area contributed by atoms with Crippen molar-refractivity contribution in [1.29, 1.82) is 0 Å². The molecule has 0 fully saturated rings. The molecular formula is C15H20N4. The Balaban J connectivity index is 2.12. The maximum Gasteiger partial charge on any atom is 0.0598 e. The van der Waals surface area contributed by atoms with Crippen molar-refractivity contribution in [2.24, 2.45) is 0 Å². The first kappa shape index (κ1) is 13.5. The first-order chi connectivity index (χ1) is 9.31. The van der Waals surface area contributed by atoms with Crippen LogP contribution in [0.1, 0.15) is 18.1 Å². The van der Waals surface area contributed by atoms with Crippen molar-refractivity contribution in [3.8, 4) is 0 Å². The summed E-state index contributed by atoms with van der Waals surface area (Å²) in [5.74, 6) is 0. The van der Waals surface area contributed by atoms with Gasteiger partial charge in [0.05, 0.1) is 11.9 Å². The molecule has 0 spiro atoms. The molecule has 0 aliphatic carbocycles. The van der Waals surface area contributed by atoms with Crippen LogP contribution in [0.2, 0.25) is 0 Å². The molecular weight excluding hydrogens is 236 g/mol. The maximum absolute atomic E-state index is 4.23. The fourth-order valence-corrected chi connectivity index (χ4v) is 2.02. The molecule has 0 bridgehead atoms. The monoisotopic (exact) mass is 256 g/mol. The van der Waals surface area contributed by atoms with Gasteiger partial charge in [-0.25, -0.2) is 0 Å². The van der Waals surface area contributed by atoms with E-state index in [1.54, 1.807) is 0 Å². The molecule has 0 amide bonds. The fraction of sp³-hybridized carbons (Fsp3) is 0.333. The minimum Gasteiger partial charge on any atom is -0.369 e. The van der Waals surface area contributed by atoms with Crippen molar-refractivity contribution in [1.82, 2.24) is 15.3 Å².